The molecule has 1 amide bonds. The second-order valence-electron chi connectivity index (χ2n) is 5.22. The SMILES string of the molecule is CCn1c(SCC(=O)NCc2ccc(F)cc2)nnc1-c1cccs1. The fraction of sp³-hybridized carbons (Fsp3) is 0.235. The van der Waals surface area contributed by atoms with Crippen molar-refractivity contribution in [3.05, 3.63) is 53.2 Å². The minimum atomic E-state index is -0.286. The highest BCUT2D eigenvalue weighted by Gasteiger charge is 2.15. The number of nitrogens with zero attached hydrogens (tertiary/aromatic N) is 3. The van der Waals surface area contributed by atoms with E-state index in [9.17, 15) is 9.18 Å². The van der Waals surface area contributed by atoms with Crippen molar-refractivity contribution < 1.29 is 9.18 Å². The van der Waals surface area contributed by atoms with E-state index >= 15 is 0 Å². The molecule has 8 heteroatoms. The molecule has 25 heavy (non-hydrogen) atoms. The number of carbonyl (C=O) groups excluding carboxylic acids is 1. The first-order valence-electron chi connectivity index (χ1n) is 7.78. The molecule has 130 valence electrons. The van der Waals surface area contributed by atoms with Gasteiger partial charge in [0, 0.05) is 13.1 Å². The Labute approximate surface area is 153 Å². The zero-order chi connectivity index (χ0) is 17.6. The smallest absolute Gasteiger partial charge is 0.230 e. The largest absolute Gasteiger partial charge is 0.351 e. The highest BCUT2D eigenvalue weighted by molar-refractivity contribution is 7.99. The number of carbonyl (C=O) groups is 1. The van der Waals surface area contributed by atoms with Gasteiger partial charge >= 0.3 is 0 Å². The molecule has 0 radical (unpaired) electrons. The molecular weight excluding hydrogens is 359 g/mol. The molecule has 2 heterocycles. The zero-order valence-electron chi connectivity index (χ0n) is 13.6. The van der Waals surface area contributed by atoms with E-state index in [0.29, 0.717) is 6.54 Å². The highest BCUT2D eigenvalue weighted by Crippen LogP contribution is 2.26. The number of hydrogen-bond donors (Lipinski definition) is 1. The van der Waals surface area contributed by atoms with Crippen molar-refractivity contribution in [3.63, 3.8) is 0 Å². The second kappa shape index (κ2) is 8.26. The molecule has 2 aromatic heterocycles. The number of thioether (sulfide) groups is 1. The number of hydrogen-bond acceptors (Lipinski definition) is 5. The van der Waals surface area contributed by atoms with Gasteiger partial charge in [-0.1, -0.05) is 30.0 Å². The minimum Gasteiger partial charge on any atom is -0.351 e. The molecule has 0 atom stereocenters. The third-order valence-electron chi connectivity index (χ3n) is 3.51. The van der Waals surface area contributed by atoms with E-state index in [4.69, 9.17) is 0 Å². The molecule has 0 aliphatic rings. The Morgan fingerprint density at radius 1 is 1.28 bits per heavy atom. The highest BCUT2D eigenvalue weighted by atomic mass is 32.2. The lowest BCUT2D eigenvalue weighted by atomic mass is 10.2. The van der Waals surface area contributed by atoms with E-state index < -0.39 is 0 Å². The average molecular weight is 376 g/mol. The van der Waals surface area contributed by atoms with Crippen LogP contribution in [0, 0.1) is 5.82 Å². The predicted octanol–water partition coefficient (Wildman–Crippen LogP) is 3.57. The Balaban J connectivity index is 1.56. The van der Waals surface area contributed by atoms with Gasteiger partial charge in [-0.15, -0.1) is 21.5 Å². The van der Waals surface area contributed by atoms with Crippen LogP contribution in [0.1, 0.15) is 12.5 Å². The third-order valence-corrected chi connectivity index (χ3v) is 5.34. The van der Waals surface area contributed by atoms with Crippen LogP contribution in [0.25, 0.3) is 10.7 Å². The molecular formula is C17H17FN4OS2. The topological polar surface area (TPSA) is 59.8 Å². The lowest BCUT2D eigenvalue weighted by Crippen LogP contribution is -2.24. The summed E-state index contributed by atoms with van der Waals surface area (Å²) in [7, 11) is 0. The maximum absolute atomic E-state index is 12.9. The molecule has 0 aliphatic carbocycles. The summed E-state index contributed by atoms with van der Waals surface area (Å²) in [5.41, 5.74) is 0.858. The van der Waals surface area contributed by atoms with E-state index in [1.54, 1.807) is 23.5 Å². The van der Waals surface area contributed by atoms with Crippen LogP contribution >= 0.6 is 23.1 Å². The summed E-state index contributed by atoms with van der Waals surface area (Å²) >= 11 is 2.97. The molecule has 1 N–H and O–H groups in total. The van der Waals surface area contributed by atoms with Gasteiger partial charge in [0.15, 0.2) is 11.0 Å². The molecule has 5 nitrogen and oxygen atoms in total. The molecule has 0 unspecified atom stereocenters. The maximum atomic E-state index is 12.9. The number of rotatable bonds is 7. The van der Waals surface area contributed by atoms with Crippen molar-refractivity contribution in [2.24, 2.45) is 0 Å². The van der Waals surface area contributed by atoms with E-state index in [1.807, 2.05) is 29.0 Å². The van der Waals surface area contributed by atoms with Crippen molar-refractivity contribution in [1.82, 2.24) is 20.1 Å². The number of nitrogens with one attached hydrogen (secondary N) is 1. The van der Waals surface area contributed by atoms with Gasteiger partial charge < -0.3 is 9.88 Å². The number of halogens is 1. The number of benzene rings is 1. The van der Waals surface area contributed by atoms with Crippen molar-refractivity contribution in [2.75, 3.05) is 5.75 Å². The summed E-state index contributed by atoms with van der Waals surface area (Å²) in [5.74, 6) is 0.694. The van der Waals surface area contributed by atoms with Gasteiger partial charge in [-0.25, -0.2) is 4.39 Å². The summed E-state index contributed by atoms with van der Waals surface area (Å²) in [5, 5.41) is 14.0. The van der Waals surface area contributed by atoms with Crippen LogP contribution < -0.4 is 5.32 Å². The van der Waals surface area contributed by atoms with Crippen molar-refractivity contribution in [3.8, 4) is 10.7 Å². The molecule has 0 fully saturated rings. The van der Waals surface area contributed by atoms with Crippen LogP contribution in [-0.2, 0) is 17.9 Å². The third kappa shape index (κ3) is 4.46. The first kappa shape index (κ1) is 17.6. The Kier molecular flexibility index (Phi) is 5.83. The molecule has 3 aromatic rings. The van der Waals surface area contributed by atoms with Crippen LogP contribution in [0.4, 0.5) is 4.39 Å². The average Bonchev–Trinajstić information content (AvgIpc) is 3.28. The lowest BCUT2D eigenvalue weighted by Gasteiger charge is -2.07. The Hall–Kier alpha value is -2.19. The van der Waals surface area contributed by atoms with Gasteiger partial charge in [0.2, 0.25) is 5.91 Å². The van der Waals surface area contributed by atoms with Crippen LogP contribution in [0.3, 0.4) is 0 Å². The Morgan fingerprint density at radius 3 is 2.76 bits per heavy atom. The lowest BCUT2D eigenvalue weighted by molar-refractivity contribution is -0.118. The van der Waals surface area contributed by atoms with Gasteiger partial charge in [0.05, 0.1) is 10.6 Å². The number of aromatic nitrogens is 3. The zero-order valence-corrected chi connectivity index (χ0v) is 15.2. The fourth-order valence-electron chi connectivity index (χ4n) is 2.25. The first-order chi connectivity index (χ1) is 12.2. The predicted molar refractivity (Wildman–Crippen MR) is 98.0 cm³/mol. The summed E-state index contributed by atoms with van der Waals surface area (Å²) in [6.45, 7) is 3.14. The van der Waals surface area contributed by atoms with Crippen LogP contribution in [-0.4, -0.2) is 26.4 Å². The van der Waals surface area contributed by atoms with Gasteiger partial charge in [0.1, 0.15) is 5.82 Å². The monoisotopic (exact) mass is 376 g/mol. The van der Waals surface area contributed by atoms with Gasteiger partial charge in [-0.2, -0.15) is 0 Å². The Bertz CT molecular complexity index is 831. The molecule has 1 aromatic carbocycles. The quantitative estimate of drug-likeness (QED) is 0.641. The summed E-state index contributed by atoms with van der Waals surface area (Å²) in [6.07, 6.45) is 0. The summed E-state index contributed by atoms with van der Waals surface area (Å²) in [6, 6.07) is 10.1. The normalized spacial score (nSPS) is 10.8. The molecule has 3 rings (SSSR count). The van der Waals surface area contributed by atoms with E-state index in [2.05, 4.69) is 15.5 Å². The number of amides is 1. The second-order valence-corrected chi connectivity index (χ2v) is 7.11. The Morgan fingerprint density at radius 2 is 2.08 bits per heavy atom. The van der Waals surface area contributed by atoms with E-state index in [0.717, 1.165) is 28.0 Å². The number of thiophene rings is 1. The molecule has 0 bridgehead atoms. The van der Waals surface area contributed by atoms with Crippen LogP contribution in [0.5, 0.6) is 0 Å². The maximum Gasteiger partial charge on any atom is 0.230 e. The molecule has 0 saturated heterocycles. The first-order valence-corrected chi connectivity index (χ1v) is 9.65. The molecule has 0 aliphatic heterocycles. The molecule has 0 saturated carbocycles. The summed E-state index contributed by atoms with van der Waals surface area (Å²) in [4.78, 5) is 13.1. The van der Waals surface area contributed by atoms with E-state index in [1.165, 1.54) is 23.9 Å². The van der Waals surface area contributed by atoms with Crippen LogP contribution in [0.2, 0.25) is 0 Å². The van der Waals surface area contributed by atoms with Crippen LogP contribution in [0.15, 0.2) is 46.9 Å². The molecule has 0 spiro atoms. The van der Waals surface area contributed by atoms with Gasteiger partial charge in [0.25, 0.3) is 0 Å². The van der Waals surface area contributed by atoms with E-state index in [-0.39, 0.29) is 17.5 Å². The van der Waals surface area contributed by atoms with Crippen molar-refractivity contribution >= 4 is 29.0 Å². The fourth-order valence-corrected chi connectivity index (χ4v) is 3.80. The van der Waals surface area contributed by atoms with Crippen molar-refractivity contribution in [1.29, 1.82) is 0 Å². The summed E-state index contributed by atoms with van der Waals surface area (Å²) < 4.78 is 14.9. The van der Waals surface area contributed by atoms with Crippen molar-refractivity contribution in [2.45, 2.75) is 25.2 Å². The van der Waals surface area contributed by atoms with Gasteiger partial charge in [-0.3, -0.25) is 4.79 Å². The minimum absolute atomic E-state index is 0.0994. The standard InChI is InChI=1S/C17H17FN4OS2/c1-2-22-16(14-4-3-9-24-14)20-21-17(22)25-11-15(23)19-10-12-5-7-13(18)8-6-12/h3-9H,2,10-11H2,1H3,(H,19,23). The van der Waals surface area contributed by atoms with Gasteiger partial charge in [-0.05, 0) is 36.1 Å².